The molecule has 23 heavy (non-hydrogen) atoms. The van der Waals surface area contributed by atoms with Gasteiger partial charge in [0.2, 0.25) is 0 Å². The van der Waals surface area contributed by atoms with Gasteiger partial charge < -0.3 is 4.74 Å². The molecule has 2 nitrogen and oxygen atoms in total. The molecule has 0 atom stereocenters. The smallest absolute Gasteiger partial charge is 0.305 e. The molecule has 0 aromatic rings. The Morgan fingerprint density at radius 2 is 1.13 bits per heavy atom. The highest BCUT2D eigenvalue weighted by Crippen LogP contribution is 2.41. The number of carbonyl (C=O) groups excluding carboxylic acids is 1. The molecular formula is C21H42O2. The standard InChI is InChI=1S/C21H42O2/c1-5-9-15-21(16-10-6-2,17-11-7-3)18-13-14-20(22)23-19-12-8-4/h5-19H2,1-4H3. The third-order valence-electron chi connectivity index (χ3n) is 5.03. The molecule has 138 valence electrons. The maximum atomic E-state index is 11.8. The van der Waals surface area contributed by atoms with Crippen LogP contribution in [0.5, 0.6) is 0 Å². The molecule has 0 aliphatic carbocycles. The fraction of sp³-hybridized carbons (Fsp3) is 0.952. The van der Waals surface area contributed by atoms with E-state index in [9.17, 15) is 4.79 Å². The van der Waals surface area contributed by atoms with Crippen LogP contribution in [0.15, 0.2) is 0 Å². The summed E-state index contributed by atoms with van der Waals surface area (Å²) in [6.45, 7) is 9.58. The second kappa shape index (κ2) is 15.0. The topological polar surface area (TPSA) is 26.3 Å². The lowest BCUT2D eigenvalue weighted by Crippen LogP contribution is -2.22. The normalized spacial score (nSPS) is 11.7. The van der Waals surface area contributed by atoms with Crippen LogP contribution in [0.25, 0.3) is 0 Å². The van der Waals surface area contributed by atoms with Crippen LogP contribution in [-0.2, 0) is 9.53 Å². The van der Waals surface area contributed by atoms with Crippen LogP contribution in [0.2, 0.25) is 0 Å². The van der Waals surface area contributed by atoms with Gasteiger partial charge in [0, 0.05) is 6.42 Å². The highest BCUT2D eigenvalue weighted by Gasteiger charge is 2.28. The Hall–Kier alpha value is -0.530. The molecule has 0 aliphatic heterocycles. The first-order valence-corrected chi connectivity index (χ1v) is 10.3. The summed E-state index contributed by atoms with van der Waals surface area (Å²) in [5, 5.41) is 0. The maximum absolute atomic E-state index is 11.8. The quantitative estimate of drug-likeness (QED) is 0.224. The number of unbranched alkanes of at least 4 members (excludes halogenated alkanes) is 4. The zero-order valence-electron chi connectivity index (χ0n) is 16.4. The summed E-state index contributed by atoms with van der Waals surface area (Å²) in [4.78, 5) is 11.8. The molecule has 0 heterocycles. The van der Waals surface area contributed by atoms with Gasteiger partial charge in [0.15, 0.2) is 0 Å². The molecule has 0 saturated heterocycles. The van der Waals surface area contributed by atoms with Crippen molar-refractivity contribution in [1.29, 1.82) is 0 Å². The molecule has 0 unspecified atom stereocenters. The number of ether oxygens (including phenoxy) is 1. The van der Waals surface area contributed by atoms with Crippen LogP contribution in [0.3, 0.4) is 0 Å². The Kier molecular flexibility index (Phi) is 14.7. The summed E-state index contributed by atoms with van der Waals surface area (Å²) in [6, 6.07) is 0. The van der Waals surface area contributed by atoms with E-state index in [1.54, 1.807) is 0 Å². The molecule has 0 aromatic heterocycles. The maximum Gasteiger partial charge on any atom is 0.305 e. The van der Waals surface area contributed by atoms with Gasteiger partial charge in [-0.2, -0.15) is 0 Å². The summed E-state index contributed by atoms with van der Waals surface area (Å²) in [6.07, 6.45) is 16.7. The van der Waals surface area contributed by atoms with Gasteiger partial charge in [-0.3, -0.25) is 4.79 Å². The molecule has 0 bridgehead atoms. The average Bonchev–Trinajstić information content (AvgIpc) is 2.56. The molecule has 0 spiro atoms. The lowest BCUT2D eigenvalue weighted by Gasteiger charge is -2.34. The van der Waals surface area contributed by atoms with E-state index in [0.717, 1.165) is 19.3 Å². The summed E-state index contributed by atoms with van der Waals surface area (Å²) >= 11 is 0. The monoisotopic (exact) mass is 326 g/mol. The Morgan fingerprint density at radius 1 is 0.696 bits per heavy atom. The lowest BCUT2D eigenvalue weighted by atomic mass is 9.71. The fourth-order valence-corrected chi connectivity index (χ4v) is 3.42. The van der Waals surface area contributed by atoms with Crippen molar-refractivity contribution in [3.05, 3.63) is 0 Å². The molecular weight excluding hydrogens is 284 g/mol. The minimum absolute atomic E-state index is 0.00817. The molecule has 0 radical (unpaired) electrons. The van der Waals surface area contributed by atoms with Gasteiger partial charge in [-0.15, -0.1) is 0 Å². The summed E-state index contributed by atoms with van der Waals surface area (Å²) in [5.74, 6) is 0.00817. The van der Waals surface area contributed by atoms with E-state index >= 15 is 0 Å². The molecule has 0 N–H and O–H groups in total. The second-order valence-electron chi connectivity index (χ2n) is 7.24. The van der Waals surface area contributed by atoms with Crippen molar-refractivity contribution in [3.63, 3.8) is 0 Å². The van der Waals surface area contributed by atoms with Crippen molar-refractivity contribution in [3.8, 4) is 0 Å². The molecule has 0 aliphatic rings. The summed E-state index contributed by atoms with van der Waals surface area (Å²) in [5.41, 5.74) is 0.478. The first-order chi connectivity index (χ1) is 11.1. The van der Waals surface area contributed by atoms with Crippen molar-refractivity contribution in [1.82, 2.24) is 0 Å². The van der Waals surface area contributed by atoms with Gasteiger partial charge in [0.05, 0.1) is 6.61 Å². The lowest BCUT2D eigenvalue weighted by molar-refractivity contribution is -0.144. The first kappa shape index (κ1) is 22.5. The van der Waals surface area contributed by atoms with Crippen molar-refractivity contribution in [2.75, 3.05) is 6.61 Å². The van der Waals surface area contributed by atoms with Crippen LogP contribution in [0.4, 0.5) is 0 Å². The summed E-state index contributed by atoms with van der Waals surface area (Å²) < 4.78 is 5.30. The molecule has 0 aromatic carbocycles. The molecule has 0 fully saturated rings. The molecule has 0 amide bonds. The third kappa shape index (κ3) is 11.6. The van der Waals surface area contributed by atoms with Crippen LogP contribution < -0.4 is 0 Å². The van der Waals surface area contributed by atoms with Gasteiger partial charge in [0.1, 0.15) is 0 Å². The highest BCUT2D eigenvalue weighted by molar-refractivity contribution is 5.69. The van der Waals surface area contributed by atoms with Crippen molar-refractivity contribution in [2.24, 2.45) is 5.41 Å². The first-order valence-electron chi connectivity index (χ1n) is 10.3. The molecule has 0 rings (SSSR count). The number of rotatable bonds is 16. The van der Waals surface area contributed by atoms with E-state index in [-0.39, 0.29) is 5.97 Å². The van der Waals surface area contributed by atoms with Gasteiger partial charge in [-0.1, -0.05) is 72.6 Å². The van der Waals surface area contributed by atoms with Crippen molar-refractivity contribution in [2.45, 2.75) is 118 Å². The van der Waals surface area contributed by atoms with E-state index in [1.807, 2.05) is 0 Å². The van der Waals surface area contributed by atoms with E-state index < -0.39 is 0 Å². The van der Waals surface area contributed by atoms with E-state index in [2.05, 4.69) is 27.7 Å². The number of hydrogen-bond acceptors (Lipinski definition) is 2. The van der Waals surface area contributed by atoms with Gasteiger partial charge in [-0.05, 0) is 43.9 Å². The van der Waals surface area contributed by atoms with Crippen LogP contribution in [0.1, 0.15) is 118 Å². The minimum atomic E-state index is 0.00817. The predicted octanol–water partition coefficient (Wildman–Crippen LogP) is 7.06. The van der Waals surface area contributed by atoms with E-state index in [0.29, 0.717) is 18.4 Å². The highest BCUT2D eigenvalue weighted by atomic mass is 16.5. The Morgan fingerprint density at radius 3 is 1.57 bits per heavy atom. The SMILES string of the molecule is CCCCOC(=O)CCCC(CCCC)(CCCC)CCCC. The summed E-state index contributed by atoms with van der Waals surface area (Å²) in [7, 11) is 0. The molecule has 0 saturated carbocycles. The zero-order chi connectivity index (χ0) is 17.4. The fourth-order valence-electron chi connectivity index (χ4n) is 3.42. The Labute approximate surface area is 145 Å². The number of hydrogen-bond donors (Lipinski definition) is 0. The van der Waals surface area contributed by atoms with E-state index in [1.165, 1.54) is 64.2 Å². The predicted molar refractivity (Wildman–Crippen MR) is 101 cm³/mol. The Balaban J connectivity index is 4.42. The van der Waals surface area contributed by atoms with E-state index in [4.69, 9.17) is 4.74 Å². The van der Waals surface area contributed by atoms with Crippen LogP contribution >= 0.6 is 0 Å². The van der Waals surface area contributed by atoms with Gasteiger partial charge >= 0.3 is 5.97 Å². The Bertz CT molecular complexity index is 251. The van der Waals surface area contributed by atoms with Gasteiger partial charge in [-0.25, -0.2) is 0 Å². The van der Waals surface area contributed by atoms with Gasteiger partial charge in [0.25, 0.3) is 0 Å². The third-order valence-corrected chi connectivity index (χ3v) is 5.03. The van der Waals surface area contributed by atoms with Crippen LogP contribution in [0, 0.1) is 5.41 Å². The number of carbonyl (C=O) groups is 1. The second-order valence-corrected chi connectivity index (χ2v) is 7.24. The van der Waals surface area contributed by atoms with Crippen molar-refractivity contribution < 1.29 is 9.53 Å². The minimum Gasteiger partial charge on any atom is -0.466 e. The zero-order valence-corrected chi connectivity index (χ0v) is 16.4. The average molecular weight is 327 g/mol. The molecule has 2 heteroatoms. The van der Waals surface area contributed by atoms with Crippen molar-refractivity contribution >= 4 is 5.97 Å². The largest absolute Gasteiger partial charge is 0.466 e. The van der Waals surface area contributed by atoms with Crippen LogP contribution in [-0.4, -0.2) is 12.6 Å². The number of esters is 1.